The average molecular weight is 234 g/mol. The quantitative estimate of drug-likeness (QED) is 0.787. The lowest BCUT2D eigenvalue weighted by atomic mass is 9.96. The third-order valence-electron chi connectivity index (χ3n) is 3.54. The molecule has 2 rings (SSSR count). The lowest BCUT2D eigenvalue weighted by Crippen LogP contribution is -2.45. The molecule has 1 fully saturated rings. The van der Waals surface area contributed by atoms with Gasteiger partial charge >= 0.3 is 0 Å². The number of rotatable bonds is 3. The smallest absolute Gasteiger partial charge is 0.0746 e. The van der Waals surface area contributed by atoms with Gasteiger partial charge in [0.2, 0.25) is 0 Å². The van der Waals surface area contributed by atoms with Gasteiger partial charge in [-0.2, -0.15) is 0 Å². The van der Waals surface area contributed by atoms with Crippen molar-refractivity contribution in [3.05, 3.63) is 29.8 Å². The van der Waals surface area contributed by atoms with Crippen LogP contribution in [0.2, 0.25) is 0 Å². The molecule has 1 atom stereocenters. The highest BCUT2D eigenvalue weighted by atomic mass is 16.3. The molecule has 0 aromatic heterocycles. The van der Waals surface area contributed by atoms with E-state index in [1.54, 1.807) is 0 Å². The third kappa shape index (κ3) is 2.99. The SMILES string of the molecule is CC(C)(O)C1CCCN1Cc1ccc(N)cc1. The molecule has 0 spiro atoms. The van der Waals surface area contributed by atoms with Gasteiger partial charge in [-0.15, -0.1) is 0 Å². The highest BCUT2D eigenvalue weighted by Gasteiger charge is 2.35. The van der Waals surface area contributed by atoms with Gasteiger partial charge < -0.3 is 10.8 Å². The number of anilines is 1. The van der Waals surface area contributed by atoms with Crippen LogP contribution in [0, 0.1) is 0 Å². The molecule has 1 aliphatic heterocycles. The van der Waals surface area contributed by atoms with Crippen LogP contribution in [-0.2, 0) is 6.54 Å². The summed E-state index contributed by atoms with van der Waals surface area (Å²) in [4.78, 5) is 2.37. The molecule has 94 valence electrons. The van der Waals surface area contributed by atoms with Gasteiger partial charge in [0.05, 0.1) is 5.60 Å². The maximum atomic E-state index is 10.1. The van der Waals surface area contributed by atoms with E-state index < -0.39 is 5.60 Å². The van der Waals surface area contributed by atoms with Crippen LogP contribution >= 0.6 is 0 Å². The first-order valence-electron chi connectivity index (χ1n) is 6.27. The van der Waals surface area contributed by atoms with Crippen molar-refractivity contribution < 1.29 is 5.11 Å². The Morgan fingerprint density at radius 3 is 2.59 bits per heavy atom. The van der Waals surface area contributed by atoms with Crippen molar-refractivity contribution in [1.82, 2.24) is 4.90 Å². The van der Waals surface area contributed by atoms with Crippen LogP contribution in [0.1, 0.15) is 32.3 Å². The van der Waals surface area contributed by atoms with Crippen molar-refractivity contribution in [1.29, 1.82) is 0 Å². The third-order valence-corrected chi connectivity index (χ3v) is 3.54. The fourth-order valence-electron chi connectivity index (χ4n) is 2.67. The molecule has 1 unspecified atom stereocenters. The summed E-state index contributed by atoms with van der Waals surface area (Å²) in [5.41, 5.74) is 7.12. The van der Waals surface area contributed by atoms with Crippen LogP contribution in [0.4, 0.5) is 5.69 Å². The summed E-state index contributed by atoms with van der Waals surface area (Å²) in [6, 6.07) is 8.26. The number of aliphatic hydroxyl groups is 1. The van der Waals surface area contributed by atoms with Crippen molar-refractivity contribution in [2.24, 2.45) is 0 Å². The maximum absolute atomic E-state index is 10.1. The molecule has 1 aliphatic rings. The normalized spacial score (nSPS) is 21.9. The van der Waals surface area contributed by atoms with Crippen molar-refractivity contribution in [3.8, 4) is 0 Å². The van der Waals surface area contributed by atoms with Gasteiger partial charge in [0.15, 0.2) is 0 Å². The first-order chi connectivity index (χ1) is 7.97. The van der Waals surface area contributed by atoms with Crippen LogP contribution in [0.5, 0.6) is 0 Å². The second-order valence-corrected chi connectivity index (χ2v) is 5.52. The molecule has 0 amide bonds. The lowest BCUT2D eigenvalue weighted by Gasteiger charge is -2.33. The largest absolute Gasteiger partial charge is 0.399 e. The number of nitrogens with zero attached hydrogens (tertiary/aromatic N) is 1. The van der Waals surface area contributed by atoms with Gasteiger partial charge in [0.1, 0.15) is 0 Å². The molecule has 1 saturated heterocycles. The summed E-state index contributed by atoms with van der Waals surface area (Å²) in [5, 5.41) is 10.1. The zero-order chi connectivity index (χ0) is 12.5. The average Bonchev–Trinajstić information content (AvgIpc) is 2.69. The molecule has 0 aliphatic carbocycles. The number of likely N-dealkylation sites (tertiary alicyclic amines) is 1. The monoisotopic (exact) mass is 234 g/mol. The predicted octanol–water partition coefficient (Wildman–Crippen LogP) is 2.00. The Hall–Kier alpha value is -1.06. The Labute approximate surface area is 103 Å². The number of benzene rings is 1. The van der Waals surface area contributed by atoms with Crippen LogP contribution in [0.15, 0.2) is 24.3 Å². The molecule has 0 radical (unpaired) electrons. The minimum atomic E-state index is -0.621. The first-order valence-corrected chi connectivity index (χ1v) is 6.27. The summed E-state index contributed by atoms with van der Waals surface area (Å²) in [7, 11) is 0. The Balaban J connectivity index is 2.05. The van der Waals surface area contributed by atoms with E-state index in [4.69, 9.17) is 5.73 Å². The van der Waals surface area contributed by atoms with Gasteiger partial charge in [0, 0.05) is 18.3 Å². The zero-order valence-corrected chi connectivity index (χ0v) is 10.7. The summed E-state index contributed by atoms with van der Waals surface area (Å²) < 4.78 is 0. The molecule has 3 nitrogen and oxygen atoms in total. The van der Waals surface area contributed by atoms with Gasteiger partial charge in [0.25, 0.3) is 0 Å². The summed E-state index contributed by atoms with van der Waals surface area (Å²) in [6.07, 6.45) is 2.25. The molecule has 3 N–H and O–H groups in total. The Morgan fingerprint density at radius 2 is 2.00 bits per heavy atom. The van der Waals surface area contributed by atoms with Crippen LogP contribution in [-0.4, -0.2) is 28.2 Å². The summed E-state index contributed by atoms with van der Waals surface area (Å²) in [6.45, 7) is 5.77. The van der Waals surface area contributed by atoms with E-state index >= 15 is 0 Å². The van der Waals surface area contributed by atoms with E-state index in [9.17, 15) is 5.11 Å². The fraction of sp³-hybridized carbons (Fsp3) is 0.571. The van der Waals surface area contributed by atoms with Crippen LogP contribution in [0.25, 0.3) is 0 Å². The van der Waals surface area contributed by atoms with E-state index in [1.165, 1.54) is 12.0 Å². The van der Waals surface area contributed by atoms with E-state index in [1.807, 2.05) is 26.0 Å². The van der Waals surface area contributed by atoms with Gasteiger partial charge in [-0.25, -0.2) is 0 Å². The lowest BCUT2D eigenvalue weighted by molar-refractivity contribution is -0.00501. The Morgan fingerprint density at radius 1 is 1.35 bits per heavy atom. The van der Waals surface area contributed by atoms with Crippen LogP contribution < -0.4 is 5.73 Å². The number of nitrogen functional groups attached to an aromatic ring is 1. The highest BCUT2D eigenvalue weighted by molar-refractivity contribution is 5.39. The van der Waals surface area contributed by atoms with Gasteiger partial charge in [-0.1, -0.05) is 12.1 Å². The zero-order valence-electron chi connectivity index (χ0n) is 10.7. The highest BCUT2D eigenvalue weighted by Crippen LogP contribution is 2.28. The summed E-state index contributed by atoms with van der Waals surface area (Å²) in [5.74, 6) is 0. The Bertz CT molecular complexity index is 367. The topological polar surface area (TPSA) is 49.5 Å². The van der Waals surface area contributed by atoms with Gasteiger partial charge in [-0.3, -0.25) is 4.90 Å². The van der Waals surface area contributed by atoms with E-state index in [0.29, 0.717) is 0 Å². The van der Waals surface area contributed by atoms with E-state index in [-0.39, 0.29) is 6.04 Å². The van der Waals surface area contributed by atoms with Crippen molar-refractivity contribution >= 4 is 5.69 Å². The second kappa shape index (κ2) is 4.67. The molecule has 0 bridgehead atoms. The molecule has 3 heteroatoms. The van der Waals surface area contributed by atoms with Crippen molar-refractivity contribution in [2.75, 3.05) is 12.3 Å². The first kappa shape index (κ1) is 12.4. The van der Waals surface area contributed by atoms with Crippen molar-refractivity contribution in [3.63, 3.8) is 0 Å². The van der Waals surface area contributed by atoms with Crippen molar-refractivity contribution in [2.45, 2.75) is 44.9 Å². The molecule has 17 heavy (non-hydrogen) atoms. The minimum absolute atomic E-state index is 0.264. The maximum Gasteiger partial charge on any atom is 0.0746 e. The number of nitrogens with two attached hydrogens (primary N) is 1. The molecule has 1 aromatic rings. The summed E-state index contributed by atoms with van der Waals surface area (Å²) >= 11 is 0. The standard InChI is InChI=1S/C14H22N2O/c1-14(2,17)13-4-3-9-16(13)10-11-5-7-12(15)8-6-11/h5-8,13,17H,3-4,9-10,15H2,1-2H3. The molecule has 1 heterocycles. The van der Waals surface area contributed by atoms with Gasteiger partial charge in [-0.05, 0) is 50.9 Å². The molecule has 0 saturated carbocycles. The molecular weight excluding hydrogens is 212 g/mol. The number of hydrogen-bond donors (Lipinski definition) is 2. The number of hydrogen-bond acceptors (Lipinski definition) is 3. The van der Waals surface area contributed by atoms with E-state index in [0.717, 1.165) is 25.2 Å². The predicted molar refractivity (Wildman–Crippen MR) is 70.6 cm³/mol. The second-order valence-electron chi connectivity index (χ2n) is 5.52. The van der Waals surface area contributed by atoms with E-state index in [2.05, 4.69) is 17.0 Å². The Kier molecular flexibility index (Phi) is 3.40. The molecule has 1 aromatic carbocycles. The fourth-order valence-corrected chi connectivity index (χ4v) is 2.67. The minimum Gasteiger partial charge on any atom is -0.399 e. The molecular formula is C14H22N2O. The van der Waals surface area contributed by atoms with Crippen LogP contribution in [0.3, 0.4) is 0 Å².